The van der Waals surface area contributed by atoms with Gasteiger partial charge in [-0.15, -0.1) is 0 Å². The fourth-order valence-electron chi connectivity index (χ4n) is 1.60. The van der Waals surface area contributed by atoms with Crippen molar-refractivity contribution in [3.05, 3.63) is 39.9 Å². The lowest BCUT2D eigenvalue weighted by molar-refractivity contribution is -0.385. The lowest BCUT2D eigenvalue weighted by atomic mass is 10.2. The minimum Gasteiger partial charge on any atom is -0.480 e. The number of hydrogen-bond acceptors (Lipinski definition) is 6. The first-order valence-corrected chi connectivity index (χ1v) is 7.79. The van der Waals surface area contributed by atoms with E-state index in [1.54, 1.807) is 0 Å². The first-order chi connectivity index (χ1) is 9.65. The smallest absolute Gasteiger partial charge is 0.320 e. The Kier molecular flexibility index (Phi) is 5.56. The summed E-state index contributed by atoms with van der Waals surface area (Å²) in [7, 11) is -4.16. The number of nitrogens with zero attached hydrogens (tertiary/aromatic N) is 1. The van der Waals surface area contributed by atoms with E-state index in [9.17, 15) is 29.5 Å². The van der Waals surface area contributed by atoms with E-state index in [1.165, 1.54) is 18.2 Å². The molecule has 1 aromatic rings. The van der Waals surface area contributed by atoms with Gasteiger partial charge in [-0.3, -0.25) is 19.5 Å². The molecule has 5 N–H and O–H groups in total. The fraction of sp³-hybridized carbons (Fsp3) is 0.364. The zero-order valence-electron chi connectivity index (χ0n) is 10.8. The zero-order valence-corrected chi connectivity index (χ0v) is 11.7. The van der Waals surface area contributed by atoms with E-state index in [4.69, 9.17) is 10.8 Å². The van der Waals surface area contributed by atoms with Gasteiger partial charge in [0.05, 0.1) is 4.92 Å². The number of hydrogen-bond donors (Lipinski definition) is 4. The summed E-state index contributed by atoms with van der Waals surface area (Å²) in [6.07, 6.45) is -0.806. The number of nitro benzene ring substituents is 1. The van der Waals surface area contributed by atoms with Gasteiger partial charge in [-0.25, -0.2) is 0 Å². The highest BCUT2D eigenvalue weighted by Crippen LogP contribution is 2.54. The van der Waals surface area contributed by atoms with Crippen LogP contribution in [0.2, 0.25) is 0 Å². The van der Waals surface area contributed by atoms with Crippen LogP contribution in [-0.2, 0) is 9.36 Å². The van der Waals surface area contributed by atoms with E-state index in [2.05, 4.69) is 0 Å². The number of nitrogens with two attached hydrogens (primary N) is 1. The monoisotopic (exact) mass is 318 g/mol. The summed E-state index contributed by atoms with van der Waals surface area (Å²) in [5, 5.41) is 29.1. The zero-order chi connectivity index (χ0) is 16.2. The third-order valence-corrected chi connectivity index (χ3v) is 4.80. The second-order valence-electron chi connectivity index (χ2n) is 4.44. The molecule has 0 bridgehead atoms. The summed E-state index contributed by atoms with van der Waals surface area (Å²) >= 11 is 0. The molecule has 3 atom stereocenters. The van der Waals surface area contributed by atoms with Gasteiger partial charge < -0.3 is 20.8 Å². The number of carbonyl (C=O) groups is 1. The van der Waals surface area contributed by atoms with Crippen molar-refractivity contribution in [2.75, 3.05) is 6.16 Å². The van der Waals surface area contributed by atoms with Crippen molar-refractivity contribution in [2.24, 2.45) is 5.73 Å². The molecule has 21 heavy (non-hydrogen) atoms. The highest BCUT2D eigenvalue weighted by atomic mass is 31.2. The Labute approximate surface area is 119 Å². The van der Waals surface area contributed by atoms with Gasteiger partial charge in [0.2, 0.25) is 7.37 Å². The Balaban J connectivity index is 2.87. The average Bonchev–Trinajstić information content (AvgIpc) is 2.43. The molecule has 0 aliphatic heterocycles. The van der Waals surface area contributed by atoms with E-state index >= 15 is 0 Å². The second kappa shape index (κ2) is 6.77. The molecule has 0 saturated heterocycles. The molecule has 0 aliphatic rings. The molecule has 3 unspecified atom stereocenters. The minimum atomic E-state index is -4.16. The maximum atomic E-state index is 12.0. The summed E-state index contributed by atoms with van der Waals surface area (Å²) in [5.74, 6) is -3.15. The third-order valence-electron chi connectivity index (χ3n) is 2.84. The second-order valence-corrected chi connectivity index (χ2v) is 6.89. The predicted molar refractivity (Wildman–Crippen MR) is 73.0 cm³/mol. The van der Waals surface area contributed by atoms with E-state index in [1.807, 2.05) is 0 Å². The maximum Gasteiger partial charge on any atom is 0.320 e. The summed E-state index contributed by atoms with van der Waals surface area (Å²) in [4.78, 5) is 30.3. The number of aliphatic hydroxyl groups excluding tert-OH is 1. The Morgan fingerprint density at radius 3 is 2.62 bits per heavy atom. The van der Waals surface area contributed by atoms with Crippen molar-refractivity contribution in [3.63, 3.8) is 0 Å². The van der Waals surface area contributed by atoms with E-state index in [0.29, 0.717) is 0 Å². The van der Waals surface area contributed by atoms with Crippen LogP contribution < -0.4 is 5.73 Å². The van der Waals surface area contributed by atoms with Gasteiger partial charge in [0.1, 0.15) is 6.04 Å². The number of rotatable bonds is 7. The van der Waals surface area contributed by atoms with Crippen LogP contribution in [0, 0.1) is 10.1 Å². The highest BCUT2D eigenvalue weighted by molar-refractivity contribution is 7.58. The van der Waals surface area contributed by atoms with Crippen LogP contribution in [-0.4, -0.2) is 38.2 Å². The highest BCUT2D eigenvalue weighted by Gasteiger charge is 2.32. The van der Waals surface area contributed by atoms with Gasteiger partial charge in [-0.1, -0.05) is 12.1 Å². The normalized spacial score (nSPS) is 16.7. The standard InChI is InChI=1S/C11H15N2O7P/c12-9(10(14)15)4-5-21(19,20)11(16)7-2-1-3-8(6-7)13(17)18/h1-3,6,9,11,16H,4-5,12H2,(H,14,15)(H,19,20). The van der Waals surface area contributed by atoms with Crippen molar-refractivity contribution >= 4 is 19.0 Å². The molecule has 0 aliphatic carbocycles. The molecular formula is C11H15N2O7P. The predicted octanol–water partition coefficient (Wildman–Crippen LogP) is 0.658. The molecule has 1 aromatic carbocycles. The summed E-state index contributed by atoms with van der Waals surface area (Å²) in [6.45, 7) is 0. The Morgan fingerprint density at radius 1 is 1.48 bits per heavy atom. The van der Waals surface area contributed by atoms with E-state index in [0.717, 1.165) is 6.07 Å². The largest absolute Gasteiger partial charge is 0.480 e. The van der Waals surface area contributed by atoms with Crippen LogP contribution in [0.25, 0.3) is 0 Å². The lowest BCUT2D eigenvalue weighted by Crippen LogP contribution is -2.31. The van der Waals surface area contributed by atoms with Gasteiger partial charge in [0.25, 0.3) is 5.69 Å². The van der Waals surface area contributed by atoms with Gasteiger partial charge in [0, 0.05) is 18.3 Å². The molecule has 0 fully saturated rings. The van der Waals surface area contributed by atoms with Crippen molar-refractivity contribution in [1.82, 2.24) is 0 Å². The fourth-order valence-corrected chi connectivity index (χ4v) is 3.12. The molecule has 1 rings (SSSR count). The van der Waals surface area contributed by atoms with Crippen LogP contribution in [0.15, 0.2) is 24.3 Å². The van der Waals surface area contributed by atoms with Crippen LogP contribution in [0.1, 0.15) is 17.8 Å². The summed E-state index contributed by atoms with van der Waals surface area (Å²) in [6, 6.07) is 3.41. The molecule has 0 amide bonds. The Bertz CT molecular complexity index is 592. The number of aliphatic carboxylic acids is 1. The van der Waals surface area contributed by atoms with Crippen molar-refractivity contribution in [1.29, 1.82) is 0 Å². The quantitative estimate of drug-likeness (QED) is 0.323. The van der Waals surface area contributed by atoms with Gasteiger partial charge in [-0.05, 0) is 12.0 Å². The number of benzene rings is 1. The van der Waals surface area contributed by atoms with Crippen molar-refractivity contribution < 1.29 is 29.4 Å². The van der Waals surface area contributed by atoms with Crippen LogP contribution in [0.3, 0.4) is 0 Å². The van der Waals surface area contributed by atoms with Crippen molar-refractivity contribution in [3.8, 4) is 0 Å². The lowest BCUT2D eigenvalue weighted by Gasteiger charge is -2.19. The molecule has 10 heteroatoms. The van der Waals surface area contributed by atoms with Gasteiger partial charge in [0.15, 0.2) is 5.85 Å². The van der Waals surface area contributed by atoms with Crippen LogP contribution in [0.5, 0.6) is 0 Å². The molecule has 0 radical (unpaired) electrons. The van der Waals surface area contributed by atoms with Crippen LogP contribution >= 0.6 is 7.37 Å². The number of carboxylic acid groups (broad SMARTS) is 1. The molecule has 0 saturated carbocycles. The molecular weight excluding hydrogens is 303 g/mol. The molecule has 116 valence electrons. The SMILES string of the molecule is NC(CCP(=O)(O)C(O)c1cccc([N+](=O)[O-])c1)C(=O)O. The molecule has 9 nitrogen and oxygen atoms in total. The first-order valence-electron chi connectivity index (χ1n) is 5.87. The van der Waals surface area contributed by atoms with Crippen LogP contribution in [0.4, 0.5) is 5.69 Å². The Morgan fingerprint density at radius 2 is 2.10 bits per heavy atom. The molecule has 0 spiro atoms. The topological polar surface area (TPSA) is 164 Å². The van der Waals surface area contributed by atoms with Gasteiger partial charge in [-0.2, -0.15) is 0 Å². The van der Waals surface area contributed by atoms with Crippen molar-refractivity contribution in [2.45, 2.75) is 18.3 Å². The average molecular weight is 318 g/mol. The number of nitro groups is 1. The molecule has 0 heterocycles. The molecule has 0 aromatic heterocycles. The minimum absolute atomic E-state index is 0.0843. The number of aliphatic hydroxyl groups is 1. The maximum absolute atomic E-state index is 12.0. The van der Waals surface area contributed by atoms with E-state index in [-0.39, 0.29) is 17.7 Å². The Hall–Kier alpha value is -1.80. The van der Waals surface area contributed by atoms with E-state index < -0.39 is 36.3 Å². The van der Waals surface area contributed by atoms with Gasteiger partial charge >= 0.3 is 5.97 Å². The first kappa shape index (κ1) is 17.3. The third kappa shape index (κ3) is 4.61. The summed E-state index contributed by atoms with van der Waals surface area (Å²) < 4.78 is 12.0. The number of non-ortho nitro benzene ring substituents is 1. The number of carboxylic acids is 1. The summed E-state index contributed by atoms with van der Waals surface area (Å²) in [5.41, 5.74) is 4.81.